The minimum atomic E-state index is 0.733. The average molecular weight is 290 g/mol. The van der Waals surface area contributed by atoms with Crippen LogP contribution in [0.15, 0.2) is 35.2 Å². The molecule has 0 amide bonds. The maximum Gasteiger partial charge on any atom is 0.0931 e. The molecule has 0 aliphatic rings. The first kappa shape index (κ1) is 12.1. The molecule has 1 heterocycles. The van der Waals surface area contributed by atoms with Gasteiger partial charge < -0.3 is 5.73 Å². The van der Waals surface area contributed by atoms with Crippen molar-refractivity contribution in [3.05, 3.63) is 44.6 Å². The Morgan fingerprint density at radius 3 is 2.69 bits per heavy atom. The van der Waals surface area contributed by atoms with E-state index in [1.54, 1.807) is 29.2 Å². The third-order valence-corrected chi connectivity index (χ3v) is 4.91. The van der Waals surface area contributed by atoms with Crippen molar-refractivity contribution in [2.24, 2.45) is 0 Å². The zero-order valence-corrected chi connectivity index (χ0v) is 11.4. The first-order valence-corrected chi connectivity index (χ1v) is 7.13. The summed E-state index contributed by atoms with van der Waals surface area (Å²) in [6.07, 6.45) is 0. The van der Waals surface area contributed by atoms with Gasteiger partial charge in [-0.1, -0.05) is 23.2 Å². The van der Waals surface area contributed by atoms with E-state index >= 15 is 0 Å². The fraction of sp³-hybridized carbons (Fsp3) is 0.0909. The molecule has 0 bridgehead atoms. The summed E-state index contributed by atoms with van der Waals surface area (Å²) in [5, 5.41) is 0.738. The molecule has 0 radical (unpaired) electrons. The Balaban J connectivity index is 2.07. The summed E-state index contributed by atoms with van der Waals surface area (Å²) in [7, 11) is 0. The van der Waals surface area contributed by atoms with Crippen LogP contribution in [0.3, 0.4) is 0 Å². The van der Waals surface area contributed by atoms with Gasteiger partial charge in [0.1, 0.15) is 0 Å². The van der Waals surface area contributed by atoms with E-state index in [0.717, 1.165) is 25.7 Å². The van der Waals surface area contributed by atoms with Gasteiger partial charge in [0, 0.05) is 21.2 Å². The molecule has 0 saturated heterocycles. The molecule has 2 aromatic rings. The average Bonchev–Trinajstić information content (AvgIpc) is 2.66. The van der Waals surface area contributed by atoms with Crippen LogP contribution in [-0.2, 0) is 5.75 Å². The van der Waals surface area contributed by atoms with Gasteiger partial charge in [-0.2, -0.15) is 0 Å². The third kappa shape index (κ3) is 3.08. The van der Waals surface area contributed by atoms with Gasteiger partial charge in [-0.3, -0.25) is 0 Å². The Labute approximate surface area is 113 Å². The molecule has 2 rings (SSSR count). The van der Waals surface area contributed by atoms with Gasteiger partial charge in [0.15, 0.2) is 0 Å². The van der Waals surface area contributed by atoms with Crippen LogP contribution in [0.1, 0.15) is 4.88 Å². The van der Waals surface area contributed by atoms with Gasteiger partial charge >= 0.3 is 0 Å². The van der Waals surface area contributed by atoms with Crippen molar-refractivity contribution in [2.75, 3.05) is 5.73 Å². The van der Waals surface area contributed by atoms with Crippen LogP contribution in [0.5, 0.6) is 0 Å². The normalized spacial score (nSPS) is 10.6. The molecule has 0 atom stereocenters. The number of thioether (sulfide) groups is 1. The van der Waals surface area contributed by atoms with Crippen LogP contribution in [-0.4, -0.2) is 0 Å². The highest BCUT2D eigenvalue weighted by Gasteiger charge is 2.04. The molecule has 0 unspecified atom stereocenters. The minimum absolute atomic E-state index is 0.733. The quantitative estimate of drug-likeness (QED) is 0.640. The number of hydrogen-bond acceptors (Lipinski definition) is 3. The number of thiophene rings is 1. The molecular formula is C11H9Cl2NS2. The number of halogens is 2. The Kier molecular flexibility index (Phi) is 4.03. The van der Waals surface area contributed by atoms with Crippen LogP contribution in [0, 0.1) is 0 Å². The highest BCUT2D eigenvalue weighted by molar-refractivity contribution is 7.98. The van der Waals surface area contributed by atoms with Crippen molar-refractivity contribution in [1.29, 1.82) is 0 Å². The van der Waals surface area contributed by atoms with Gasteiger partial charge in [-0.15, -0.1) is 23.1 Å². The predicted octanol–water partition coefficient (Wildman–Crippen LogP) is 4.93. The molecular weight excluding hydrogens is 281 g/mol. The molecule has 0 aliphatic heterocycles. The second kappa shape index (κ2) is 5.32. The van der Waals surface area contributed by atoms with E-state index in [1.807, 2.05) is 24.3 Å². The van der Waals surface area contributed by atoms with Gasteiger partial charge in [-0.05, 0) is 30.3 Å². The maximum atomic E-state index is 6.07. The van der Waals surface area contributed by atoms with Crippen LogP contribution in [0.4, 0.5) is 5.69 Å². The van der Waals surface area contributed by atoms with Gasteiger partial charge in [0.2, 0.25) is 0 Å². The first-order valence-electron chi connectivity index (χ1n) is 4.57. The number of hydrogen-bond donors (Lipinski definition) is 1. The van der Waals surface area contributed by atoms with Crippen molar-refractivity contribution in [2.45, 2.75) is 10.6 Å². The topological polar surface area (TPSA) is 26.0 Å². The monoisotopic (exact) mass is 289 g/mol. The van der Waals surface area contributed by atoms with Gasteiger partial charge in [-0.25, -0.2) is 0 Å². The summed E-state index contributed by atoms with van der Waals surface area (Å²) in [6, 6.07) is 9.44. The summed E-state index contributed by atoms with van der Waals surface area (Å²) in [6.45, 7) is 0. The highest BCUT2D eigenvalue weighted by Crippen LogP contribution is 2.33. The van der Waals surface area contributed by atoms with E-state index in [0.29, 0.717) is 0 Å². The minimum Gasteiger partial charge on any atom is -0.399 e. The molecule has 0 spiro atoms. The Bertz CT molecular complexity index is 496. The molecule has 2 N–H and O–H groups in total. The van der Waals surface area contributed by atoms with Crippen molar-refractivity contribution in [3.63, 3.8) is 0 Å². The molecule has 1 aromatic carbocycles. The summed E-state index contributed by atoms with van der Waals surface area (Å²) >= 11 is 15.2. The lowest BCUT2D eigenvalue weighted by molar-refractivity contribution is 1.43. The van der Waals surface area contributed by atoms with E-state index in [-0.39, 0.29) is 0 Å². The number of anilines is 1. The lowest BCUT2D eigenvalue weighted by atomic mass is 10.3. The summed E-state index contributed by atoms with van der Waals surface area (Å²) in [5.41, 5.74) is 6.44. The maximum absolute atomic E-state index is 6.07. The fourth-order valence-electron chi connectivity index (χ4n) is 1.21. The molecule has 84 valence electrons. The number of benzene rings is 1. The lowest BCUT2D eigenvalue weighted by Crippen LogP contribution is -1.85. The number of rotatable bonds is 3. The second-order valence-corrected chi connectivity index (χ2v) is 6.41. The Morgan fingerprint density at radius 2 is 2.00 bits per heavy atom. The Morgan fingerprint density at radius 1 is 1.19 bits per heavy atom. The van der Waals surface area contributed by atoms with Gasteiger partial charge in [0.25, 0.3) is 0 Å². The van der Waals surface area contributed by atoms with Crippen molar-refractivity contribution in [1.82, 2.24) is 0 Å². The zero-order valence-electron chi connectivity index (χ0n) is 8.24. The van der Waals surface area contributed by atoms with Crippen LogP contribution in [0.2, 0.25) is 9.36 Å². The Hall–Kier alpha value is -0.350. The lowest BCUT2D eigenvalue weighted by Gasteiger charge is -2.03. The van der Waals surface area contributed by atoms with E-state index in [9.17, 15) is 0 Å². The molecule has 1 nitrogen and oxygen atoms in total. The molecule has 5 heteroatoms. The number of nitrogens with two attached hydrogens (primary N) is 1. The molecule has 16 heavy (non-hydrogen) atoms. The SMILES string of the molecule is Nc1ccc(Cl)c(SCc2ccc(Cl)s2)c1. The zero-order chi connectivity index (χ0) is 11.5. The van der Waals surface area contributed by atoms with Crippen molar-refractivity contribution in [3.8, 4) is 0 Å². The van der Waals surface area contributed by atoms with Gasteiger partial charge in [0.05, 0.1) is 9.36 Å². The standard InChI is InChI=1S/C11H9Cl2NS2/c12-9-3-1-7(14)5-10(9)15-6-8-2-4-11(13)16-8/h1-5H,6,14H2. The number of nitrogen functional groups attached to an aromatic ring is 1. The predicted molar refractivity (Wildman–Crippen MR) is 74.8 cm³/mol. The van der Waals surface area contributed by atoms with E-state index in [2.05, 4.69) is 0 Å². The fourth-order valence-corrected chi connectivity index (χ4v) is 3.60. The van der Waals surface area contributed by atoms with Crippen molar-refractivity contribution < 1.29 is 0 Å². The van der Waals surface area contributed by atoms with Crippen LogP contribution < -0.4 is 5.73 Å². The van der Waals surface area contributed by atoms with E-state index in [4.69, 9.17) is 28.9 Å². The molecule has 1 aromatic heterocycles. The highest BCUT2D eigenvalue weighted by atomic mass is 35.5. The summed E-state index contributed by atoms with van der Waals surface area (Å²) in [4.78, 5) is 2.24. The molecule has 0 saturated carbocycles. The smallest absolute Gasteiger partial charge is 0.0931 e. The van der Waals surface area contributed by atoms with Crippen LogP contribution >= 0.6 is 46.3 Å². The first-order chi connectivity index (χ1) is 7.65. The molecule has 0 aliphatic carbocycles. The largest absolute Gasteiger partial charge is 0.399 e. The summed E-state index contributed by atoms with van der Waals surface area (Å²) < 4.78 is 0.814. The third-order valence-electron chi connectivity index (χ3n) is 1.95. The summed E-state index contributed by atoms with van der Waals surface area (Å²) in [5.74, 6) is 0.862. The van der Waals surface area contributed by atoms with Crippen LogP contribution in [0.25, 0.3) is 0 Å². The van der Waals surface area contributed by atoms with E-state index in [1.165, 1.54) is 4.88 Å². The second-order valence-electron chi connectivity index (χ2n) is 3.18. The van der Waals surface area contributed by atoms with Crippen molar-refractivity contribution >= 4 is 52.0 Å². The van der Waals surface area contributed by atoms with E-state index < -0.39 is 0 Å². The molecule has 0 fully saturated rings.